The van der Waals surface area contributed by atoms with Gasteiger partial charge in [-0.25, -0.2) is 9.97 Å². The zero-order valence-electron chi connectivity index (χ0n) is 18.4. The van der Waals surface area contributed by atoms with Crippen molar-refractivity contribution in [2.75, 3.05) is 25.0 Å². The lowest BCUT2D eigenvalue weighted by molar-refractivity contribution is -0.121. The third kappa shape index (κ3) is 4.38. The maximum atomic E-state index is 12.9. The molecule has 1 amide bonds. The van der Waals surface area contributed by atoms with Crippen LogP contribution in [0.5, 0.6) is 0 Å². The van der Waals surface area contributed by atoms with Crippen LogP contribution >= 0.6 is 0 Å². The summed E-state index contributed by atoms with van der Waals surface area (Å²) in [4.78, 5) is 24.2. The molecule has 3 aromatic rings. The molecule has 1 aliphatic rings. The number of aryl methyl sites for hydroxylation is 1. The zero-order chi connectivity index (χ0) is 21.3. The van der Waals surface area contributed by atoms with Gasteiger partial charge in [0.15, 0.2) is 0 Å². The first kappa shape index (κ1) is 20.5. The molecular weight excluding hydrogens is 374 g/mol. The first-order chi connectivity index (χ1) is 14.4. The highest BCUT2D eigenvalue weighted by atomic mass is 16.2. The van der Waals surface area contributed by atoms with Crippen LogP contribution in [0.1, 0.15) is 32.5 Å². The van der Waals surface area contributed by atoms with Crippen LogP contribution in [0.25, 0.3) is 22.0 Å². The Morgan fingerprint density at radius 2 is 2.03 bits per heavy atom. The Balaban J connectivity index is 1.51. The number of fused-ring (bicyclic) bond motifs is 1. The van der Waals surface area contributed by atoms with E-state index in [9.17, 15) is 4.79 Å². The zero-order valence-corrected chi connectivity index (χ0v) is 18.4. The molecule has 0 spiro atoms. The first-order valence-corrected chi connectivity index (χ1v) is 10.8. The van der Waals surface area contributed by atoms with E-state index in [4.69, 9.17) is 0 Å². The number of anilines is 1. The van der Waals surface area contributed by atoms with Crippen molar-refractivity contribution in [3.8, 4) is 11.3 Å². The van der Waals surface area contributed by atoms with E-state index in [0.717, 1.165) is 60.3 Å². The van der Waals surface area contributed by atoms with Crippen LogP contribution in [-0.4, -0.2) is 45.0 Å². The number of carbonyl (C=O) groups excluding carboxylic acids is 1. The number of hydrogen-bond donors (Lipinski definition) is 1. The minimum Gasteiger partial charge on any atom is -0.331 e. The molecule has 0 unspecified atom stereocenters. The van der Waals surface area contributed by atoms with Crippen LogP contribution in [0.4, 0.5) is 5.82 Å². The SMILES string of the molecule is Cc1ncc(-c2ccc3cnc(NC(=O)[C@@H]4CCCN(CC(C)C)C4)cc3c2)n1C. The average Bonchev–Trinajstić information content (AvgIpc) is 3.05. The second-order valence-corrected chi connectivity index (χ2v) is 8.86. The van der Waals surface area contributed by atoms with Crippen molar-refractivity contribution < 1.29 is 4.79 Å². The van der Waals surface area contributed by atoms with Crippen molar-refractivity contribution in [1.29, 1.82) is 0 Å². The number of aromatic nitrogens is 3. The van der Waals surface area contributed by atoms with Crippen molar-refractivity contribution in [2.45, 2.75) is 33.6 Å². The third-order valence-corrected chi connectivity index (χ3v) is 5.99. The van der Waals surface area contributed by atoms with Gasteiger partial charge in [0.05, 0.1) is 17.8 Å². The second kappa shape index (κ2) is 8.56. The van der Waals surface area contributed by atoms with Crippen molar-refractivity contribution in [3.05, 3.63) is 42.5 Å². The molecule has 3 heterocycles. The molecule has 30 heavy (non-hydrogen) atoms. The van der Waals surface area contributed by atoms with Crippen molar-refractivity contribution in [2.24, 2.45) is 18.9 Å². The Bertz CT molecular complexity index is 1050. The molecule has 2 aromatic heterocycles. The maximum absolute atomic E-state index is 12.9. The van der Waals surface area contributed by atoms with Gasteiger partial charge in [-0.05, 0) is 49.7 Å². The van der Waals surface area contributed by atoms with Crippen molar-refractivity contribution in [1.82, 2.24) is 19.4 Å². The number of piperidine rings is 1. The monoisotopic (exact) mass is 405 g/mol. The summed E-state index contributed by atoms with van der Waals surface area (Å²) in [5, 5.41) is 5.17. The van der Waals surface area contributed by atoms with Crippen LogP contribution in [0.3, 0.4) is 0 Å². The molecule has 0 aliphatic carbocycles. The lowest BCUT2D eigenvalue weighted by atomic mass is 9.96. The maximum Gasteiger partial charge on any atom is 0.229 e. The number of rotatable bonds is 5. The second-order valence-electron chi connectivity index (χ2n) is 8.86. The van der Waals surface area contributed by atoms with Crippen molar-refractivity contribution in [3.63, 3.8) is 0 Å². The fourth-order valence-electron chi connectivity index (χ4n) is 4.32. The third-order valence-electron chi connectivity index (χ3n) is 5.99. The van der Waals surface area contributed by atoms with E-state index >= 15 is 0 Å². The number of imidazole rings is 1. The Labute approximate surface area is 178 Å². The summed E-state index contributed by atoms with van der Waals surface area (Å²) in [6.45, 7) is 9.42. The van der Waals surface area contributed by atoms with E-state index < -0.39 is 0 Å². The van der Waals surface area contributed by atoms with E-state index in [-0.39, 0.29) is 11.8 Å². The van der Waals surface area contributed by atoms with Gasteiger partial charge >= 0.3 is 0 Å². The van der Waals surface area contributed by atoms with Gasteiger partial charge in [0.25, 0.3) is 0 Å². The molecule has 1 N–H and O–H groups in total. The minimum absolute atomic E-state index is 0.0266. The van der Waals surface area contributed by atoms with Gasteiger partial charge in [0.2, 0.25) is 5.91 Å². The van der Waals surface area contributed by atoms with E-state index in [1.54, 1.807) is 0 Å². The Morgan fingerprint density at radius 1 is 1.20 bits per heavy atom. The van der Waals surface area contributed by atoms with Crippen LogP contribution in [0.2, 0.25) is 0 Å². The molecule has 1 aromatic carbocycles. The van der Waals surface area contributed by atoms with Crippen LogP contribution in [0.15, 0.2) is 36.7 Å². The number of nitrogens with one attached hydrogen (secondary N) is 1. The normalized spacial score (nSPS) is 17.6. The number of nitrogens with zero attached hydrogens (tertiary/aromatic N) is 4. The van der Waals surface area contributed by atoms with Gasteiger partial charge in [-0.2, -0.15) is 0 Å². The lowest BCUT2D eigenvalue weighted by Crippen LogP contribution is -2.42. The molecule has 0 radical (unpaired) electrons. The summed E-state index contributed by atoms with van der Waals surface area (Å²) >= 11 is 0. The summed E-state index contributed by atoms with van der Waals surface area (Å²) < 4.78 is 2.08. The molecule has 1 aliphatic heterocycles. The molecule has 0 saturated carbocycles. The van der Waals surface area contributed by atoms with E-state index in [0.29, 0.717) is 11.7 Å². The number of hydrogen-bond acceptors (Lipinski definition) is 4. The number of pyridine rings is 1. The predicted octanol–water partition coefficient (Wildman–Crippen LogP) is 4.25. The van der Waals surface area contributed by atoms with Gasteiger partial charge in [-0.3, -0.25) is 4.79 Å². The van der Waals surface area contributed by atoms with Gasteiger partial charge in [-0.1, -0.05) is 26.0 Å². The van der Waals surface area contributed by atoms with Crippen molar-refractivity contribution >= 4 is 22.5 Å². The highest BCUT2D eigenvalue weighted by Gasteiger charge is 2.26. The molecule has 6 nitrogen and oxygen atoms in total. The summed E-state index contributed by atoms with van der Waals surface area (Å²) in [7, 11) is 2.02. The standard InChI is InChI=1S/C24H31N5O/c1-16(2)14-29-9-5-6-20(15-29)24(30)27-23-11-21-10-18(7-8-19(21)12-26-23)22-13-25-17(3)28(22)4/h7-8,10-13,16,20H,5-6,9,14-15H2,1-4H3,(H,26,27,30)/t20-/m1/s1. The number of carbonyl (C=O) groups is 1. The first-order valence-electron chi connectivity index (χ1n) is 10.8. The molecular formula is C24H31N5O. The Morgan fingerprint density at radius 3 is 2.77 bits per heavy atom. The van der Waals surface area contributed by atoms with Crippen LogP contribution in [-0.2, 0) is 11.8 Å². The Hall–Kier alpha value is -2.73. The topological polar surface area (TPSA) is 63.1 Å². The number of benzene rings is 1. The largest absolute Gasteiger partial charge is 0.331 e. The lowest BCUT2D eigenvalue weighted by Gasteiger charge is -2.32. The van der Waals surface area contributed by atoms with Crippen LogP contribution < -0.4 is 5.32 Å². The predicted molar refractivity (Wildman–Crippen MR) is 121 cm³/mol. The average molecular weight is 406 g/mol. The fraction of sp³-hybridized carbons (Fsp3) is 0.458. The van der Waals surface area contributed by atoms with E-state index in [1.165, 1.54) is 0 Å². The number of amides is 1. The minimum atomic E-state index is 0.0266. The highest BCUT2D eigenvalue weighted by molar-refractivity contribution is 5.95. The number of likely N-dealkylation sites (tertiary alicyclic amines) is 1. The molecule has 1 atom stereocenters. The van der Waals surface area contributed by atoms with Gasteiger partial charge < -0.3 is 14.8 Å². The smallest absolute Gasteiger partial charge is 0.229 e. The summed E-state index contributed by atoms with van der Waals surface area (Å²) in [5.41, 5.74) is 2.18. The molecule has 1 fully saturated rings. The Kier molecular flexibility index (Phi) is 5.86. The molecule has 158 valence electrons. The quantitative estimate of drug-likeness (QED) is 0.689. The summed E-state index contributed by atoms with van der Waals surface area (Å²) in [6, 6.07) is 8.25. The highest BCUT2D eigenvalue weighted by Crippen LogP contribution is 2.26. The van der Waals surface area contributed by atoms with Gasteiger partial charge in [0.1, 0.15) is 11.6 Å². The molecule has 0 bridgehead atoms. The molecule has 6 heteroatoms. The van der Waals surface area contributed by atoms with Gasteiger partial charge in [-0.15, -0.1) is 0 Å². The summed E-state index contributed by atoms with van der Waals surface area (Å²) in [5.74, 6) is 2.32. The van der Waals surface area contributed by atoms with E-state index in [2.05, 4.69) is 56.8 Å². The fourth-order valence-corrected chi connectivity index (χ4v) is 4.32. The molecule has 4 rings (SSSR count). The van der Waals surface area contributed by atoms with Gasteiger partial charge in [0, 0.05) is 37.3 Å². The summed E-state index contributed by atoms with van der Waals surface area (Å²) in [6.07, 6.45) is 5.74. The van der Waals surface area contributed by atoms with Crippen LogP contribution in [0, 0.1) is 18.8 Å². The molecule has 1 saturated heterocycles. The van der Waals surface area contributed by atoms with E-state index in [1.807, 2.05) is 32.4 Å².